The molecule has 0 N–H and O–H groups in total. The summed E-state index contributed by atoms with van der Waals surface area (Å²) in [5.41, 5.74) is 14.8. The molecule has 8 aromatic rings. The summed E-state index contributed by atoms with van der Waals surface area (Å²) in [6.07, 6.45) is 4.83. The SMILES string of the molecule is CCCC1=Cc2c(-c3cc4ccccc4c4ccccc34)cccc2C1c1cccc2c1[CH]([Zr+2][SiH](c1ccccc1)c1ccccc1)c1ccccc1-2.[Cl-].[Cl-]. The smallest absolute Gasteiger partial charge is 1.00 e. The molecule has 2 atom stereocenters. The number of rotatable bonds is 8. The van der Waals surface area contributed by atoms with Crippen LogP contribution in [0.15, 0.2) is 181 Å². The van der Waals surface area contributed by atoms with Gasteiger partial charge < -0.3 is 24.8 Å². The van der Waals surface area contributed by atoms with Crippen molar-refractivity contribution in [2.75, 3.05) is 0 Å². The fourth-order valence-corrected chi connectivity index (χ4v) is 24.2. The maximum atomic E-state index is 2.59. The summed E-state index contributed by atoms with van der Waals surface area (Å²) in [7, 11) is 0. The zero-order valence-corrected chi connectivity index (χ0v) is 35.8. The molecule has 0 spiro atoms. The Morgan fingerprint density at radius 3 is 1.78 bits per heavy atom. The molecule has 0 saturated carbocycles. The van der Waals surface area contributed by atoms with Crippen molar-refractivity contribution < 1.29 is 47.2 Å². The first-order valence-corrected chi connectivity index (χ1v) is 26.5. The molecule has 266 valence electrons. The Labute approximate surface area is 349 Å². The van der Waals surface area contributed by atoms with Crippen LogP contribution in [0.4, 0.5) is 0 Å². The van der Waals surface area contributed by atoms with Crippen LogP contribution in [0.2, 0.25) is 0 Å². The van der Waals surface area contributed by atoms with Gasteiger partial charge in [-0.2, -0.15) is 0 Å². The van der Waals surface area contributed by atoms with Gasteiger partial charge in [0.05, 0.1) is 0 Å². The van der Waals surface area contributed by atoms with Gasteiger partial charge in [0.1, 0.15) is 0 Å². The molecule has 0 fully saturated rings. The van der Waals surface area contributed by atoms with Crippen LogP contribution in [0.1, 0.15) is 57.1 Å². The number of hydrogen-bond donors (Lipinski definition) is 0. The van der Waals surface area contributed by atoms with E-state index in [1.54, 1.807) is 27.1 Å². The van der Waals surface area contributed by atoms with Crippen molar-refractivity contribution in [3.8, 4) is 22.3 Å². The van der Waals surface area contributed by atoms with E-state index in [1.807, 2.05) is 0 Å². The molecule has 0 bridgehead atoms. The van der Waals surface area contributed by atoms with Crippen LogP contribution in [-0.4, -0.2) is 5.92 Å². The van der Waals surface area contributed by atoms with Crippen molar-refractivity contribution >= 4 is 43.9 Å². The van der Waals surface area contributed by atoms with Crippen LogP contribution in [0, 0.1) is 0 Å². The average Bonchev–Trinajstić information content (AvgIpc) is 3.75. The summed E-state index contributed by atoms with van der Waals surface area (Å²) in [6.45, 7) is 2.34. The van der Waals surface area contributed by atoms with Crippen molar-refractivity contribution in [1.29, 1.82) is 0 Å². The van der Waals surface area contributed by atoms with Crippen molar-refractivity contribution in [3.63, 3.8) is 0 Å². The van der Waals surface area contributed by atoms with E-state index in [-0.39, 0.29) is 30.7 Å². The topological polar surface area (TPSA) is 0 Å². The molecule has 0 heterocycles. The van der Waals surface area contributed by atoms with Crippen molar-refractivity contribution in [1.82, 2.24) is 0 Å². The van der Waals surface area contributed by atoms with E-state index >= 15 is 0 Å². The van der Waals surface area contributed by atoms with Crippen LogP contribution < -0.4 is 35.2 Å². The van der Waals surface area contributed by atoms with Gasteiger partial charge in [-0.3, -0.25) is 0 Å². The molecule has 55 heavy (non-hydrogen) atoms. The molecular weight excluding hydrogens is 803 g/mol. The molecular formula is C51H40Cl2SiZr. The maximum absolute atomic E-state index is 2.59. The first-order valence-electron chi connectivity index (χ1n) is 19.1. The van der Waals surface area contributed by atoms with E-state index in [9.17, 15) is 0 Å². The second-order valence-corrected chi connectivity index (χ2v) is 25.3. The van der Waals surface area contributed by atoms with Crippen LogP contribution in [0.25, 0.3) is 49.9 Å². The molecule has 0 nitrogen and oxygen atoms in total. The minimum absolute atomic E-state index is 0. The third-order valence-electron chi connectivity index (χ3n) is 11.6. The molecule has 0 aromatic heterocycles. The maximum Gasteiger partial charge on any atom is -1.00 e. The van der Waals surface area contributed by atoms with E-state index in [4.69, 9.17) is 0 Å². The van der Waals surface area contributed by atoms with E-state index in [0.29, 0.717) is 3.63 Å². The monoisotopic (exact) mass is 840 g/mol. The molecule has 0 saturated heterocycles. The van der Waals surface area contributed by atoms with E-state index in [1.165, 1.54) is 60.5 Å². The number of allylic oxidation sites excluding steroid dienone is 1. The van der Waals surface area contributed by atoms with Crippen molar-refractivity contribution in [2.24, 2.45) is 0 Å². The van der Waals surface area contributed by atoms with E-state index in [0.717, 1.165) is 12.8 Å². The van der Waals surface area contributed by atoms with Gasteiger partial charge in [0, 0.05) is 0 Å². The van der Waals surface area contributed by atoms with Crippen molar-refractivity contribution in [2.45, 2.75) is 29.3 Å². The third kappa shape index (κ3) is 6.52. The zero-order chi connectivity index (χ0) is 35.3. The molecule has 8 aromatic carbocycles. The molecule has 2 aliphatic carbocycles. The zero-order valence-electron chi connectivity index (χ0n) is 30.7. The van der Waals surface area contributed by atoms with Gasteiger partial charge in [-0.25, -0.2) is 0 Å². The Hall–Kier alpha value is -4.30. The van der Waals surface area contributed by atoms with E-state index in [2.05, 4.69) is 189 Å². The second kappa shape index (κ2) is 16.0. The number of benzene rings is 8. The van der Waals surface area contributed by atoms with Crippen molar-refractivity contribution in [3.05, 3.63) is 209 Å². The molecule has 4 heteroatoms. The predicted molar refractivity (Wildman–Crippen MR) is 225 cm³/mol. The summed E-state index contributed by atoms with van der Waals surface area (Å²) >= 11 is -1.04. The Morgan fingerprint density at radius 2 is 1.05 bits per heavy atom. The number of hydrogen-bond acceptors (Lipinski definition) is 0. The van der Waals surface area contributed by atoms with E-state index < -0.39 is 28.3 Å². The fourth-order valence-electron chi connectivity index (χ4n) is 9.41. The van der Waals surface area contributed by atoms with Crippen LogP contribution >= 0.6 is 0 Å². The normalized spacial score (nSPS) is 15.1. The van der Waals surface area contributed by atoms with Gasteiger partial charge in [0.25, 0.3) is 0 Å². The minimum atomic E-state index is -1.41. The van der Waals surface area contributed by atoms with Gasteiger partial charge in [-0.1, -0.05) is 6.07 Å². The Balaban J connectivity index is 0.00000214. The largest absolute Gasteiger partial charge is 1.00 e. The number of fused-ring (bicyclic) bond motifs is 7. The Kier molecular flexibility index (Phi) is 11.0. The van der Waals surface area contributed by atoms with Gasteiger partial charge >= 0.3 is 321 Å². The first kappa shape index (κ1) is 37.6. The average molecular weight is 843 g/mol. The van der Waals surface area contributed by atoms with Gasteiger partial charge in [0.2, 0.25) is 0 Å². The van der Waals surface area contributed by atoms with Gasteiger partial charge in [-0.15, -0.1) is 0 Å². The predicted octanol–water partition coefficient (Wildman–Crippen LogP) is 5.69. The Morgan fingerprint density at radius 1 is 0.491 bits per heavy atom. The third-order valence-corrected chi connectivity index (χ3v) is 25.7. The summed E-state index contributed by atoms with van der Waals surface area (Å²) in [5, 5.41) is 8.47. The fraction of sp³-hybridized carbons (Fsp3) is 0.0980. The quantitative estimate of drug-likeness (QED) is 0.137. The molecule has 2 unspecified atom stereocenters. The second-order valence-electron chi connectivity index (χ2n) is 14.7. The first-order chi connectivity index (χ1) is 26.3. The molecule has 0 aliphatic heterocycles. The minimum Gasteiger partial charge on any atom is -1.00 e. The van der Waals surface area contributed by atoms with Crippen LogP contribution in [0.3, 0.4) is 0 Å². The summed E-state index contributed by atoms with van der Waals surface area (Å²) in [5.74, 6) is -1.15. The standard InChI is InChI=1S/C39H29.C12H11Si.2ClH.Zr/c1-2-11-27-24-38-33(36-22-25-12-3-5-14-28(25)30-16-7-8-17-32(30)36)19-10-21-35(38)39(27)34-20-9-18-31-29-15-6-4-13-26(29)23-37(31)34;1-3-7-11(8-4-1)13-12-9-5-2-6-10-12;;;/h3-10,12-24,39H,2,11H2,1H3;1-10,13H;2*1H;/q;;;;+2/p-2. The van der Waals surface area contributed by atoms with Gasteiger partial charge in [-0.05, 0) is 0 Å². The molecule has 2 aliphatic rings. The Bertz CT molecular complexity index is 2650. The molecule has 0 amide bonds. The summed E-state index contributed by atoms with van der Waals surface area (Å²) in [4.78, 5) is 0. The van der Waals surface area contributed by atoms with Crippen LogP contribution in [-0.2, 0) is 22.4 Å². The molecule has 0 radical (unpaired) electrons. The van der Waals surface area contributed by atoms with Gasteiger partial charge in [0.15, 0.2) is 0 Å². The van der Waals surface area contributed by atoms with Crippen LogP contribution in [0.5, 0.6) is 0 Å². The summed E-state index contributed by atoms with van der Waals surface area (Å²) < 4.78 is 0.512. The molecule has 10 rings (SSSR count). The number of halogens is 2. The summed E-state index contributed by atoms with van der Waals surface area (Å²) in [6, 6.07) is 67.2.